The van der Waals surface area contributed by atoms with Gasteiger partial charge in [-0.15, -0.1) is 11.3 Å². The summed E-state index contributed by atoms with van der Waals surface area (Å²) in [4.78, 5) is 17.6. The number of nitrogens with zero attached hydrogens (tertiary/aromatic N) is 1. The van der Waals surface area contributed by atoms with E-state index in [0.29, 0.717) is 16.2 Å². The maximum Gasteiger partial charge on any atom is 0.346 e. The van der Waals surface area contributed by atoms with Crippen molar-refractivity contribution in [1.29, 1.82) is 0 Å². The Morgan fingerprint density at radius 1 is 0.750 bits per heavy atom. The van der Waals surface area contributed by atoms with Crippen LogP contribution in [0.4, 0.5) is 0 Å². The van der Waals surface area contributed by atoms with Crippen molar-refractivity contribution in [2.75, 3.05) is 0 Å². The first-order valence-electron chi connectivity index (χ1n) is 9.02. The van der Waals surface area contributed by atoms with Gasteiger partial charge in [0.1, 0.15) is 10.6 Å². The van der Waals surface area contributed by atoms with E-state index in [4.69, 9.17) is 9.40 Å². The summed E-state index contributed by atoms with van der Waals surface area (Å²) < 4.78 is 6.82. The Morgan fingerprint density at radius 3 is 2.29 bits per heavy atom. The molecule has 132 valence electrons. The first-order valence-corrected chi connectivity index (χ1v) is 9.84. The highest BCUT2D eigenvalue weighted by Crippen LogP contribution is 2.34. The molecule has 4 aromatic carbocycles. The van der Waals surface area contributed by atoms with Crippen LogP contribution in [0.5, 0.6) is 0 Å². The van der Waals surface area contributed by atoms with Gasteiger partial charge in [0.15, 0.2) is 0 Å². The van der Waals surface area contributed by atoms with Crippen LogP contribution >= 0.6 is 11.3 Å². The van der Waals surface area contributed by atoms with Crippen molar-refractivity contribution < 1.29 is 4.42 Å². The monoisotopic (exact) mass is 379 g/mol. The molecule has 0 aliphatic heterocycles. The van der Waals surface area contributed by atoms with E-state index in [1.165, 1.54) is 11.3 Å². The van der Waals surface area contributed by atoms with E-state index in [0.717, 1.165) is 37.1 Å². The first-order chi connectivity index (χ1) is 13.8. The maximum absolute atomic E-state index is 12.8. The topological polar surface area (TPSA) is 43.1 Å². The molecule has 0 saturated carbocycles. The summed E-state index contributed by atoms with van der Waals surface area (Å²) >= 11 is 1.52. The second-order valence-electron chi connectivity index (χ2n) is 6.81. The normalized spacial score (nSPS) is 11.7. The SMILES string of the molecule is O=c1oc2c(ccc3ccccc32)cc1-c1nc2c(ccc3ccccc32)s1. The van der Waals surface area contributed by atoms with E-state index in [1.54, 1.807) is 0 Å². The quantitative estimate of drug-likeness (QED) is 0.246. The summed E-state index contributed by atoms with van der Waals surface area (Å²) in [6.45, 7) is 0. The number of rotatable bonds is 1. The summed E-state index contributed by atoms with van der Waals surface area (Å²) in [6.07, 6.45) is 0. The third kappa shape index (κ3) is 2.22. The van der Waals surface area contributed by atoms with Crippen molar-refractivity contribution >= 4 is 54.1 Å². The van der Waals surface area contributed by atoms with Crippen LogP contribution in [0.15, 0.2) is 88.1 Å². The van der Waals surface area contributed by atoms with Gasteiger partial charge in [-0.2, -0.15) is 0 Å². The van der Waals surface area contributed by atoms with E-state index in [2.05, 4.69) is 24.3 Å². The predicted molar refractivity (Wildman–Crippen MR) is 116 cm³/mol. The minimum absolute atomic E-state index is 0.354. The molecule has 0 aliphatic rings. The minimum atomic E-state index is -0.354. The lowest BCUT2D eigenvalue weighted by atomic mass is 10.1. The molecule has 0 spiro atoms. The van der Waals surface area contributed by atoms with Gasteiger partial charge < -0.3 is 4.42 Å². The van der Waals surface area contributed by atoms with Crippen LogP contribution < -0.4 is 5.63 Å². The van der Waals surface area contributed by atoms with Crippen molar-refractivity contribution in [1.82, 2.24) is 4.98 Å². The molecule has 6 rings (SSSR count). The maximum atomic E-state index is 12.8. The highest BCUT2D eigenvalue weighted by molar-refractivity contribution is 7.21. The zero-order valence-electron chi connectivity index (χ0n) is 14.7. The molecule has 6 aromatic rings. The molecule has 0 aliphatic carbocycles. The highest BCUT2D eigenvalue weighted by atomic mass is 32.1. The predicted octanol–water partition coefficient (Wildman–Crippen LogP) is 6.38. The number of thiazole rings is 1. The molecule has 0 saturated heterocycles. The number of hydrogen-bond donors (Lipinski definition) is 0. The fourth-order valence-electron chi connectivity index (χ4n) is 3.78. The molecule has 0 bridgehead atoms. The van der Waals surface area contributed by atoms with Gasteiger partial charge in [-0.25, -0.2) is 9.78 Å². The van der Waals surface area contributed by atoms with Crippen LogP contribution in [0.25, 0.3) is 53.3 Å². The number of aromatic nitrogens is 1. The van der Waals surface area contributed by atoms with Crippen LogP contribution in [-0.4, -0.2) is 4.98 Å². The fourth-order valence-corrected chi connectivity index (χ4v) is 4.76. The summed E-state index contributed by atoms with van der Waals surface area (Å²) in [5.41, 5.74) is 1.70. The average Bonchev–Trinajstić information content (AvgIpc) is 3.18. The lowest BCUT2D eigenvalue weighted by Gasteiger charge is -2.03. The van der Waals surface area contributed by atoms with E-state index < -0.39 is 0 Å². The Morgan fingerprint density at radius 2 is 1.43 bits per heavy atom. The lowest BCUT2D eigenvalue weighted by molar-refractivity contribution is 0.566. The zero-order chi connectivity index (χ0) is 18.7. The molecule has 0 amide bonds. The fraction of sp³-hybridized carbons (Fsp3) is 0. The Labute approximate surface area is 163 Å². The second kappa shape index (κ2) is 5.75. The van der Waals surface area contributed by atoms with Gasteiger partial charge in [0, 0.05) is 16.2 Å². The molecule has 0 unspecified atom stereocenters. The smallest absolute Gasteiger partial charge is 0.346 e. The molecule has 0 fully saturated rings. The summed E-state index contributed by atoms with van der Waals surface area (Å²) in [7, 11) is 0. The standard InChI is InChI=1S/C24H13NO2S/c26-24-19(13-16-10-9-15-6-2-4-8-18(15)22(16)27-24)23-25-21-17-7-3-1-5-14(17)11-12-20(21)28-23/h1-13H. The van der Waals surface area contributed by atoms with Crippen molar-refractivity contribution in [2.45, 2.75) is 0 Å². The summed E-state index contributed by atoms with van der Waals surface area (Å²) in [6, 6.07) is 26.2. The molecule has 28 heavy (non-hydrogen) atoms. The first kappa shape index (κ1) is 15.5. The molecule has 0 radical (unpaired) electrons. The largest absolute Gasteiger partial charge is 0.422 e. The summed E-state index contributed by atoms with van der Waals surface area (Å²) in [5, 5.41) is 5.83. The van der Waals surface area contributed by atoms with Crippen LogP contribution in [0, 0.1) is 0 Å². The minimum Gasteiger partial charge on any atom is -0.422 e. The molecule has 3 nitrogen and oxygen atoms in total. The van der Waals surface area contributed by atoms with E-state index in [1.807, 2.05) is 54.6 Å². The van der Waals surface area contributed by atoms with Gasteiger partial charge >= 0.3 is 5.63 Å². The second-order valence-corrected chi connectivity index (χ2v) is 7.84. The van der Waals surface area contributed by atoms with Gasteiger partial charge in [0.2, 0.25) is 0 Å². The summed E-state index contributed by atoms with van der Waals surface area (Å²) in [5.74, 6) is 0. The van der Waals surface area contributed by atoms with E-state index >= 15 is 0 Å². The van der Waals surface area contributed by atoms with Crippen molar-refractivity contribution in [3.63, 3.8) is 0 Å². The van der Waals surface area contributed by atoms with Crippen LogP contribution in [0.2, 0.25) is 0 Å². The van der Waals surface area contributed by atoms with E-state index in [9.17, 15) is 4.79 Å². The van der Waals surface area contributed by atoms with E-state index in [-0.39, 0.29) is 5.63 Å². The van der Waals surface area contributed by atoms with Crippen LogP contribution in [0.1, 0.15) is 0 Å². The van der Waals surface area contributed by atoms with Crippen molar-refractivity contribution in [3.8, 4) is 10.6 Å². The molecule has 4 heteroatoms. The molecular formula is C24H13NO2S. The molecule has 2 heterocycles. The van der Waals surface area contributed by atoms with Gasteiger partial charge in [0.05, 0.1) is 15.8 Å². The van der Waals surface area contributed by atoms with Gasteiger partial charge in [0.25, 0.3) is 0 Å². The highest BCUT2D eigenvalue weighted by Gasteiger charge is 2.15. The molecule has 0 N–H and O–H groups in total. The number of fused-ring (bicyclic) bond motifs is 6. The van der Waals surface area contributed by atoms with Crippen molar-refractivity contribution in [3.05, 3.63) is 89.3 Å². The van der Waals surface area contributed by atoms with Gasteiger partial charge in [-0.1, -0.05) is 66.7 Å². The number of hydrogen-bond acceptors (Lipinski definition) is 4. The van der Waals surface area contributed by atoms with Crippen LogP contribution in [0.3, 0.4) is 0 Å². The Bertz CT molecular complexity index is 1590. The molecular weight excluding hydrogens is 366 g/mol. The zero-order valence-corrected chi connectivity index (χ0v) is 15.5. The Kier molecular flexibility index (Phi) is 3.19. The Balaban J connectivity index is 1.64. The Hall–Kier alpha value is -3.50. The van der Waals surface area contributed by atoms with Crippen molar-refractivity contribution in [2.24, 2.45) is 0 Å². The van der Waals surface area contributed by atoms with Crippen LogP contribution in [-0.2, 0) is 0 Å². The number of benzene rings is 4. The molecule has 0 atom stereocenters. The molecule has 2 aromatic heterocycles. The third-order valence-electron chi connectivity index (χ3n) is 5.14. The third-order valence-corrected chi connectivity index (χ3v) is 6.19. The average molecular weight is 379 g/mol. The van der Waals surface area contributed by atoms with Gasteiger partial charge in [-0.05, 0) is 22.9 Å². The lowest BCUT2D eigenvalue weighted by Crippen LogP contribution is -2.02. The van der Waals surface area contributed by atoms with Gasteiger partial charge in [-0.3, -0.25) is 0 Å².